The van der Waals surface area contributed by atoms with Gasteiger partial charge in [-0.1, -0.05) is 24.3 Å². The van der Waals surface area contributed by atoms with Crippen molar-refractivity contribution in [1.29, 1.82) is 0 Å². The average molecular weight is 253 g/mol. The molecule has 3 aromatic rings. The van der Waals surface area contributed by atoms with Crippen LogP contribution in [0.25, 0.3) is 22.4 Å². The first-order chi connectivity index (χ1) is 9.18. The van der Waals surface area contributed by atoms with Crippen molar-refractivity contribution in [2.24, 2.45) is 0 Å². The molecule has 2 aromatic heterocycles. The molecule has 0 amide bonds. The minimum absolute atomic E-state index is 0.505. The molecular weight excluding hydrogens is 238 g/mol. The summed E-state index contributed by atoms with van der Waals surface area (Å²) in [6, 6.07) is 8.13. The van der Waals surface area contributed by atoms with Crippen molar-refractivity contribution in [3.63, 3.8) is 0 Å². The van der Waals surface area contributed by atoms with Gasteiger partial charge in [0.15, 0.2) is 5.82 Å². The van der Waals surface area contributed by atoms with Crippen molar-refractivity contribution >= 4 is 5.82 Å². The number of hydrogen-bond donors (Lipinski definition) is 3. The number of hydrogen-bond acceptors (Lipinski definition) is 3. The highest BCUT2D eigenvalue weighted by Gasteiger charge is 2.18. The fourth-order valence-electron chi connectivity index (χ4n) is 2.28. The van der Waals surface area contributed by atoms with E-state index in [0.29, 0.717) is 5.82 Å². The van der Waals surface area contributed by atoms with Gasteiger partial charge in [-0.2, -0.15) is 10.2 Å². The van der Waals surface area contributed by atoms with Crippen LogP contribution in [0.3, 0.4) is 0 Å². The lowest BCUT2D eigenvalue weighted by molar-refractivity contribution is 1.05. The number of nitrogens with one attached hydrogen (secondary N) is 2. The highest BCUT2D eigenvalue weighted by Crippen LogP contribution is 2.36. The number of aryl methyl sites for hydroxylation is 2. The van der Waals surface area contributed by atoms with Crippen LogP contribution >= 0.6 is 0 Å². The summed E-state index contributed by atoms with van der Waals surface area (Å²) < 4.78 is 0. The Balaban J connectivity index is 2.26. The second kappa shape index (κ2) is 4.28. The maximum Gasteiger partial charge on any atom is 0.153 e. The van der Waals surface area contributed by atoms with Crippen LogP contribution in [0.2, 0.25) is 0 Å². The first kappa shape index (κ1) is 11.5. The Hall–Kier alpha value is -2.56. The van der Waals surface area contributed by atoms with E-state index in [0.717, 1.165) is 33.6 Å². The molecule has 0 bridgehead atoms. The first-order valence-corrected chi connectivity index (χ1v) is 6.08. The van der Waals surface area contributed by atoms with Gasteiger partial charge < -0.3 is 5.73 Å². The first-order valence-electron chi connectivity index (χ1n) is 6.08. The number of anilines is 1. The number of aromatic nitrogens is 4. The van der Waals surface area contributed by atoms with Crippen LogP contribution in [0.1, 0.15) is 11.3 Å². The summed E-state index contributed by atoms with van der Waals surface area (Å²) in [7, 11) is 0. The van der Waals surface area contributed by atoms with Crippen molar-refractivity contribution in [1.82, 2.24) is 20.4 Å². The zero-order chi connectivity index (χ0) is 13.4. The molecule has 96 valence electrons. The van der Waals surface area contributed by atoms with E-state index in [9.17, 15) is 0 Å². The number of nitrogens with two attached hydrogens (primary N) is 1. The van der Waals surface area contributed by atoms with Gasteiger partial charge in [0, 0.05) is 11.3 Å². The predicted octanol–water partition coefficient (Wildman–Crippen LogP) is 2.67. The van der Waals surface area contributed by atoms with Crippen LogP contribution in [0.4, 0.5) is 5.82 Å². The van der Waals surface area contributed by atoms with E-state index >= 15 is 0 Å². The van der Waals surface area contributed by atoms with Gasteiger partial charge in [0.25, 0.3) is 0 Å². The summed E-state index contributed by atoms with van der Waals surface area (Å²) in [5, 5.41) is 14.1. The van der Waals surface area contributed by atoms with Crippen LogP contribution in [-0.4, -0.2) is 20.4 Å². The molecule has 5 nitrogen and oxygen atoms in total. The molecule has 0 fully saturated rings. The van der Waals surface area contributed by atoms with Gasteiger partial charge in [0.2, 0.25) is 0 Å². The topological polar surface area (TPSA) is 83.4 Å². The number of nitrogen functional groups attached to an aromatic ring is 1. The number of H-pyrrole nitrogens is 2. The summed E-state index contributed by atoms with van der Waals surface area (Å²) in [4.78, 5) is 0. The van der Waals surface area contributed by atoms with Crippen molar-refractivity contribution < 1.29 is 0 Å². The minimum Gasteiger partial charge on any atom is -0.382 e. The quantitative estimate of drug-likeness (QED) is 0.656. The molecule has 19 heavy (non-hydrogen) atoms. The smallest absolute Gasteiger partial charge is 0.153 e. The lowest BCUT2D eigenvalue weighted by Gasteiger charge is -2.07. The van der Waals surface area contributed by atoms with Gasteiger partial charge in [-0.05, 0) is 25.0 Å². The van der Waals surface area contributed by atoms with Crippen LogP contribution in [-0.2, 0) is 0 Å². The van der Waals surface area contributed by atoms with E-state index in [2.05, 4.69) is 39.5 Å². The summed E-state index contributed by atoms with van der Waals surface area (Å²) in [6.07, 6.45) is 1.78. The molecule has 4 N–H and O–H groups in total. The highest BCUT2D eigenvalue weighted by molar-refractivity contribution is 5.89. The SMILES string of the molecule is Cc1ccccc1-c1c(N)n[nH]c1-c1cn[nH]c1C. The third-order valence-electron chi connectivity index (χ3n) is 3.31. The van der Waals surface area contributed by atoms with Crippen LogP contribution in [0.5, 0.6) is 0 Å². The van der Waals surface area contributed by atoms with E-state index in [1.165, 1.54) is 0 Å². The Labute approximate surface area is 110 Å². The molecule has 0 aliphatic carbocycles. The molecule has 3 rings (SSSR count). The van der Waals surface area contributed by atoms with Gasteiger partial charge in [0.1, 0.15) is 0 Å². The van der Waals surface area contributed by atoms with E-state index in [-0.39, 0.29) is 0 Å². The van der Waals surface area contributed by atoms with Crippen LogP contribution < -0.4 is 5.73 Å². The molecule has 2 heterocycles. The maximum atomic E-state index is 6.03. The van der Waals surface area contributed by atoms with Crippen LogP contribution in [0.15, 0.2) is 30.5 Å². The molecule has 0 atom stereocenters. The Morgan fingerprint density at radius 1 is 1.05 bits per heavy atom. The normalized spacial score (nSPS) is 10.8. The number of nitrogens with zero attached hydrogens (tertiary/aromatic N) is 2. The molecule has 0 saturated carbocycles. The molecule has 0 radical (unpaired) electrons. The fourth-order valence-corrected chi connectivity index (χ4v) is 2.28. The van der Waals surface area contributed by atoms with Crippen molar-refractivity contribution in [3.05, 3.63) is 41.7 Å². The molecule has 0 aliphatic heterocycles. The largest absolute Gasteiger partial charge is 0.382 e. The summed E-state index contributed by atoms with van der Waals surface area (Å²) in [5.74, 6) is 0.505. The van der Waals surface area contributed by atoms with Crippen molar-refractivity contribution in [2.45, 2.75) is 13.8 Å². The summed E-state index contributed by atoms with van der Waals surface area (Å²) in [5.41, 5.74) is 12.1. The summed E-state index contributed by atoms with van der Waals surface area (Å²) >= 11 is 0. The summed E-state index contributed by atoms with van der Waals surface area (Å²) in [6.45, 7) is 4.04. The molecule has 0 saturated heterocycles. The molecule has 1 aromatic carbocycles. The van der Waals surface area contributed by atoms with E-state index in [1.807, 2.05) is 19.1 Å². The fraction of sp³-hybridized carbons (Fsp3) is 0.143. The second-order valence-electron chi connectivity index (χ2n) is 4.58. The van der Waals surface area contributed by atoms with E-state index in [1.54, 1.807) is 6.20 Å². The van der Waals surface area contributed by atoms with E-state index in [4.69, 9.17) is 5.73 Å². The van der Waals surface area contributed by atoms with Gasteiger partial charge >= 0.3 is 0 Å². The lowest BCUT2D eigenvalue weighted by Crippen LogP contribution is -1.91. The van der Waals surface area contributed by atoms with E-state index < -0.39 is 0 Å². The zero-order valence-corrected chi connectivity index (χ0v) is 10.9. The third-order valence-corrected chi connectivity index (χ3v) is 3.31. The van der Waals surface area contributed by atoms with Crippen molar-refractivity contribution in [2.75, 3.05) is 5.73 Å². The maximum absolute atomic E-state index is 6.03. The zero-order valence-electron chi connectivity index (χ0n) is 10.9. The van der Waals surface area contributed by atoms with Gasteiger partial charge in [-0.3, -0.25) is 10.2 Å². The van der Waals surface area contributed by atoms with Gasteiger partial charge in [0.05, 0.1) is 17.5 Å². The molecular formula is C14H15N5. The second-order valence-corrected chi connectivity index (χ2v) is 4.58. The Morgan fingerprint density at radius 3 is 2.53 bits per heavy atom. The molecule has 0 aliphatic rings. The lowest BCUT2D eigenvalue weighted by atomic mass is 9.97. The van der Waals surface area contributed by atoms with Crippen LogP contribution in [0, 0.1) is 13.8 Å². The molecule has 5 heteroatoms. The van der Waals surface area contributed by atoms with Crippen molar-refractivity contribution in [3.8, 4) is 22.4 Å². The number of rotatable bonds is 2. The number of benzene rings is 1. The Morgan fingerprint density at radius 2 is 1.84 bits per heavy atom. The predicted molar refractivity (Wildman–Crippen MR) is 75.5 cm³/mol. The monoisotopic (exact) mass is 253 g/mol. The van der Waals surface area contributed by atoms with Gasteiger partial charge in [-0.15, -0.1) is 0 Å². The average Bonchev–Trinajstić information content (AvgIpc) is 2.96. The highest BCUT2D eigenvalue weighted by atomic mass is 15.2. The Bertz CT molecular complexity index is 723. The third kappa shape index (κ3) is 1.79. The minimum atomic E-state index is 0.505. The molecule has 0 unspecified atom stereocenters. The number of aromatic amines is 2. The standard InChI is InChI=1S/C14H15N5/c1-8-5-3-4-6-10(8)12-13(18-19-14(12)15)11-7-16-17-9(11)2/h3-7H,1-2H3,(H,16,17)(H3,15,18,19). The molecule has 0 spiro atoms. The Kier molecular flexibility index (Phi) is 2.59. The van der Waals surface area contributed by atoms with Gasteiger partial charge in [-0.25, -0.2) is 0 Å².